The van der Waals surface area contributed by atoms with E-state index in [1.54, 1.807) is 0 Å². The molecule has 1 heterocycles. The summed E-state index contributed by atoms with van der Waals surface area (Å²) in [4.78, 5) is 0. The zero-order valence-electron chi connectivity index (χ0n) is 8.18. The predicted molar refractivity (Wildman–Crippen MR) is 48.7 cm³/mol. The van der Waals surface area contributed by atoms with E-state index in [0.717, 1.165) is 26.1 Å². The molecule has 0 spiro atoms. The number of ether oxygens (including phenoxy) is 2. The summed E-state index contributed by atoms with van der Waals surface area (Å²) in [5, 5.41) is 3.20. The first-order chi connectivity index (χ1) is 6.79. The van der Waals surface area contributed by atoms with Crippen LogP contribution in [0.25, 0.3) is 0 Å². The molecule has 1 N–H and O–H groups in total. The first-order valence-electron chi connectivity index (χ1n) is 4.96. The Bertz CT molecular complexity index is 141. The van der Waals surface area contributed by atoms with Gasteiger partial charge in [0.25, 0.3) is 6.43 Å². The topological polar surface area (TPSA) is 30.5 Å². The van der Waals surface area contributed by atoms with Gasteiger partial charge >= 0.3 is 0 Å². The maximum absolute atomic E-state index is 11.7. The summed E-state index contributed by atoms with van der Waals surface area (Å²) in [5.41, 5.74) is 0. The Kier molecular flexibility index (Phi) is 5.98. The van der Waals surface area contributed by atoms with Gasteiger partial charge in [0, 0.05) is 19.2 Å². The summed E-state index contributed by atoms with van der Waals surface area (Å²) in [6, 6.07) is 0.360. The van der Waals surface area contributed by atoms with Crippen LogP contribution in [0.4, 0.5) is 8.78 Å². The maximum atomic E-state index is 11.7. The van der Waals surface area contributed by atoms with Crippen molar-refractivity contribution in [3.63, 3.8) is 0 Å². The molecule has 1 fully saturated rings. The Morgan fingerprint density at radius 1 is 1.50 bits per heavy atom. The fourth-order valence-corrected chi connectivity index (χ4v) is 1.41. The molecule has 0 saturated carbocycles. The summed E-state index contributed by atoms with van der Waals surface area (Å²) in [6.45, 7) is 2.03. The van der Waals surface area contributed by atoms with E-state index in [0.29, 0.717) is 19.2 Å². The molecule has 1 aliphatic rings. The number of hydrogen-bond acceptors (Lipinski definition) is 3. The van der Waals surface area contributed by atoms with Gasteiger partial charge < -0.3 is 14.8 Å². The monoisotopic (exact) mass is 209 g/mol. The molecule has 3 nitrogen and oxygen atoms in total. The fourth-order valence-electron chi connectivity index (χ4n) is 1.41. The van der Waals surface area contributed by atoms with Crippen LogP contribution in [0, 0.1) is 0 Å². The normalized spacial score (nSPS) is 22.9. The summed E-state index contributed by atoms with van der Waals surface area (Å²) < 4.78 is 33.3. The molecule has 14 heavy (non-hydrogen) atoms. The number of rotatable bonds is 6. The van der Waals surface area contributed by atoms with Crippen molar-refractivity contribution in [1.82, 2.24) is 5.32 Å². The summed E-state index contributed by atoms with van der Waals surface area (Å²) in [7, 11) is 0. The van der Waals surface area contributed by atoms with Crippen LogP contribution in [-0.2, 0) is 9.47 Å². The Morgan fingerprint density at radius 2 is 2.36 bits per heavy atom. The second kappa shape index (κ2) is 7.09. The molecule has 1 saturated heterocycles. The number of hydrogen-bond donors (Lipinski definition) is 1. The van der Waals surface area contributed by atoms with Crippen LogP contribution in [0.3, 0.4) is 0 Å². The van der Waals surface area contributed by atoms with Crippen LogP contribution in [0.2, 0.25) is 0 Å². The molecule has 0 amide bonds. The van der Waals surface area contributed by atoms with E-state index in [4.69, 9.17) is 9.47 Å². The highest BCUT2D eigenvalue weighted by Gasteiger charge is 2.12. The van der Waals surface area contributed by atoms with Gasteiger partial charge in [-0.15, -0.1) is 0 Å². The summed E-state index contributed by atoms with van der Waals surface area (Å²) >= 11 is 0. The van der Waals surface area contributed by atoms with E-state index < -0.39 is 13.0 Å². The lowest BCUT2D eigenvalue weighted by atomic mass is 10.1. The van der Waals surface area contributed by atoms with Crippen molar-refractivity contribution in [2.75, 3.05) is 33.0 Å². The highest BCUT2D eigenvalue weighted by atomic mass is 19.3. The Morgan fingerprint density at radius 3 is 3.00 bits per heavy atom. The first-order valence-corrected chi connectivity index (χ1v) is 4.96. The van der Waals surface area contributed by atoms with Crippen molar-refractivity contribution >= 4 is 0 Å². The number of alkyl halides is 2. The van der Waals surface area contributed by atoms with Gasteiger partial charge in [0.2, 0.25) is 0 Å². The lowest BCUT2D eigenvalue weighted by molar-refractivity contribution is 0.0152. The molecule has 0 aliphatic carbocycles. The van der Waals surface area contributed by atoms with Crippen molar-refractivity contribution in [3.8, 4) is 0 Å². The van der Waals surface area contributed by atoms with Crippen LogP contribution >= 0.6 is 0 Å². The van der Waals surface area contributed by atoms with Gasteiger partial charge in [-0.2, -0.15) is 0 Å². The fraction of sp³-hybridized carbons (Fsp3) is 1.00. The smallest absolute Gasteiger partial charge is 0.261 e. The van der Waals surface area contributed by atoms with E-state index in [1.807, 2.05) is 0 Å². The predicted octanol–water partition coefficient (Wildman–Crippen LogP) is 1.04. The number of nitrogens with one attached hydrogen (secondary N) is 1. The minimum atomic E-state index is -2.37. The maximum Gasteiger partial charge on any atom is 0.261 e. The lowest BCUT2D eigenvalue weighted by Crippen LogP contribution is -2.38. The third-order valence-corrected chi connectivity index (χ3v) is 2.08. The molecular formula is C9H17F2NO2. The first kappa shape index (κ1) is 11.8. The van der Waals surface area contributed by atoms with Crippen LogP contribution < -0.4 is 5.32 Å². The molecule has 5 heteroatoms. The molecule has 1 aliphatic heterocycles. The van der Waals surface area contributed by atoms with Gasteiger partial charge in [0.1, 0.15) is 6.61 Å². The minimum absolute atomic E-state index is 0.334. The minimum Gasteiger partial charge on any atom is -0.380 e. The van der Waals surface area contributed by atoms with Crippen LogP contribution in [0.5, 0.6) is 0 Å². The second-order valence-corrected chi connectivity index (χ2v) is 3.33. The van der Waals surface area contributed by atoms with Gasteiger partial charge in [-0.3, -0.25) is 0 Å². The molecule has 1 rings (SSSR count). The Hall–Kier alpha value is -0.260. The van der Waals surface area contributed by atoms with Crippen molar-refractivity contribution in [2.45, 2.75) is 25.3 Å². The zero-order valence-corrected chi connectivity index (χ0v) is 8.18. The second-order valence-electron chi connectivity index (χ2n) is 3.33. The van der Waals surface area contributed by atoms with Gasteiger partial charge in [0.15, 0.2) is 0 Å². The molecule has 84 valence electrons. The largest absolute Gasteiger partial charge is 0.380 e. The standard InChI is InChI=1S/C9H17F2NO2/c10-9(11)7-14-5-3-12-8-2-1-4-13-6-8/h8-9,12H,1-7H2. The van der Waals surface area contributed by atoms with Gasteiger partial charge in [-0.05, 0) is 12.8 Å². The Labute approximate surface area is 82.8 Å². The van der Waals surface area contributed by atoms with Crippen molar-refractivity contribution in [1.29, 1.82) is 0 Å². The lowest BCUT2D eigenvalue weighted by Gasteiger charge is -2.23. The average Bonchev–Trinajstić information content (AvgIpc) is 2.18. The van der Waals surface area contributed by atoms with Crippen LogP contribution in [-0.4, -0.2) is 45.4 Å². The van der Waals surface area contributed by atoms with Crippen molar-refractivity contribution in [2.24, 2.45) is 0 Å². The molecule has 0 radical (unpaired) electrons. The van der Waals surface area contributed by atoms with E-state index in [-0.39, 0.29) is 0 Å². The third kappa shape index (κ3) is 5.47. The van der Waals surface area contributed by atoms with Crippen LogP contribution in [0.1, 0.15) is 12.8 Å². The zero-order chi connectivity index (χ0) is 10.2. The van der Waals surface area contributed by atoms with Gasteiger partial charge in [0.05, 0.1) is 13.2 Å². The molecule has 0 aromatic rings. The highest BCUT2D eigenvalue weighted by Crippen LogP contribution is 2.04. The van der Waals surface area contributed by atoms with Gasteiger partial charge in [-0.1, -0.05) is 0 Å². The van der Waals surface area contributed by atoms with E-state index in [1.165, 1.54) is 0 Å². The van der Waals surface area contributed by atoms with E-state index >= 15 is 0 Å². The Balaban J connectivity index is 1.87. The average molecular weight is 209 g/mol. The molecule has 1 atom stereocenters. The molecule has 1 unspecified atom stereocenters. The van der Waals surface area contributed by atoms with E-state index in [9.17, 15) is 8.78 Å². The highest BCUT2D eigenvalue weighted by molar-refractivity contribution is 4.69. The van der Waals surface area contributed by atoms with Crippen molar-refractivity contribution < 1.29 is 18.3 Å². The summed E-state index contributed by atoms with van der Waals surface area (Å²) in [5.74, 6) is 0. The molecular weight excluding hydrogens is 192 g/mol. The molecule has 0 aromatic carbocycles. The van der Waals surface area contributed by atoms with Crippen molar-refractivity contribution in [3.05, 3.63) is 0 Å². The van der Waals surface area contributed by atoms with E-state index in [2.05, 4.69) is 5.32 Å². The van der Waals surface area contributed by atoms with Crippen LogP contribution in [0.15, 0.2) is 0 Å². The van der Waals surface area contributed by atoms with Gasteiger partial charge in [-0.25, -0.2) is 8.78 Å². The quantitative estimate of drug-likeness (QED) is 0.663. The molecule has 0 bridgehead atoms. The third-order valence-electron chi connectivity index (χ3n) is 2.08. The summed E-state index contributed by atoms with van der Waals surface area (Å²) in [6.07, 6.45) is -0.210. The molecule has 0 aromatic heterocycles. The number of halogens is 2. The SMILES string of the molecule is FC(F)COCCNC1CCCOC1.